The first-order valence-electron chi connectivity index (χ1n) is 6.56. The third-order valence-corrected chi connectivity index (χ3v) is 5.73. The van der Waals surface area contributed by atoms with E-state index in [1.165, 1.54) is 25.0 Å². The van der Waals surface area contributed by atoms with Gasteiger partial charge in [0.1, 0.15) is 5.82 Å². The first-order chi connectivity index (χ1) is 9.07. The maximum absolute atomic E-state index is 13.2. The molecule has 19 heavy (non-hydrogen) atoms. The zero-order valence-corrected chi connectivity index (χ0v) is 11.3. The van der Waals surface area contributed by atoms with Gasteiger partial charge in [0.25, 0.3) is 0 Å². The second kappa shape index (κ2) is 4.72. The van der Waals surface area contributed by atoms with Crippen LogP contribution in [0.2, 0.25) is 0 Å². The molecule has 5 heteroatoms. The molecule has 0 spiro atoms. The summed E-state index contributed by atoms with van der Waals surface area (Å²) in [5.41, 5.74) is 0.588. The Kier molecular flexibility index (Phi) is 3.19. The van der Waals surface area contributed by atoms with E-state index in [9.17, 15) is 12.8 Å². The standard InChI is InChI=1S/C14H16FNO2S/c15-11-6-5-10-7-13(19(17,18)14(10)8-11)9-16-12-3-1-2-4-12/h5-8,12,16H,1-4,9H2. The van der Waals surface area contributed by atoms with Crippen LogP contribution in [0.4, 0.5) is 4.39 Å². The predicted octanol–water partition coefficient (Wildman–Crippen LogP) is 2.49. The highest BCUT2D eigenvalue weighted by Gasteiger charge is 2.30. The lowest BCUT2D eigenvalue weighted by Crippen LogP contribution is -2.29. The molecule has 1 N–H and O–H groups in total. The second-order valence-electron chi connectivity index (χ2n) is 5.16. The summed E-state index contributed by atoms with van der Waals surface area (Å²) >= 11 is 0. The van der Waals surface area contributed by atoms with Crippen molar-refractivity contribution >= 4 is 15.9 Å². The lowest BCUT2D eigenvalue weighted by Gasteiger charge is -2.12. The Balaban J connectivity index is 1.81. The van der Waals surface area contributed by atoms with Crippen LogP contribution in [0, 0.1) is 5.82 Å². The number of nitrogens with one attached hydrogen (secondary N) is 1. The Morgan fingerprint density at radius 2 is 2.00 bits per heavy atom. The van der Waals surface area contributed by atoms with Crippen molar-refractivity contribution in [3.8, 4) is 0 Å². The van der Waals surface area contributed by atoms with Gasteiger partial charge < -0.3 is 5.32 Å². The van der Waals surface area contributed by atoms with E-state index < -0.39 is 15.7 Å². The molecule has 0 radical (unpaired) electrons. The van der Waals surface area contributed by atoms with Crippen LogP contribution in [0.5, 0.6) is 0 Å². The molecule has 1 aliphatic heterocycles. The monoisotopic (exact) mass is 281 g/mol. The molecule has 1 aromatic carbocycles. The summed E-state index contributed by atoms with van der Waals surface area (Å²) in [6.07, 6.45) is 6.26. The van der Waals surface area contributed by atoms with E-state index in [2.05, 4.69) is 5.32 Å². The molecule has 0 amide bonds. The van der Waals surface area contributed by atoms with Crippen molar-refractivity contribution < 1.29 is 12.8 Å². The molecule has 102 valence electrons. The fourth-order valence-electron chi connectivity index (χ4n) is 2.77. The van der Waals surface area contributed by atoms with Crippen LogP contribution >= 0.6 is 0 Å². The summed E-state index contributed by atoms with van der Waals surface area (Å²) in [6, 6.07) is 4.32. The van der Waals surface area contributed by atoms with Crippen molar-refractivity contribution in [1.82, 2.24) is 5.32 Å². The molecular weight excluding hydrogens is 265 g/mol. The van der Waals surface area contributed by atoms with Crippen molar-refractivity contribution in [3.05, 3.63) is 34.5 Å². The quantitative estimate of drug-likeness (QED) is 0.926. The minimum atomic E-state index is -3.50. The van der Waals surface area contributed by atoms with Crippen molar-refractivity contribution in [1.29, 1.82) is 0 Å². The summed E-state index contributed by atoms with van der Waals surface area (Å²) < 4.78 is 37.7. The number of hydrogen-bond acceptors (Lipinski definition) is 3. The Hall–Kier alpha value is -1.20. The van der Waals surface area contributed by atoms with Crippen LogP contribution in [0.15, 0.2) is 28.0 Å². The van der Waals surface area contributed by atoms with E-state index in [1.807, 2.05) is 0 Å². The van der Waals surface area contributed by atoms with Gasteiger partial charge in [0.2, 0.25) is 9.84 Å². The van der Waals surface area contributed by atoms with Gasteiger partial charge in [-0.05, 0) is 36.6 Å². The topological polar surface area (TPSA) is 46.2 Å². The molecule has 3 rings (SSSR count). The van der Waals surface area contributed by atoms with Gasteiger partial charge in [-0.25, -0.2) is 12.8 Å². The van der Waals surface area contributed by atoms with Gasteiger partial charge in [0, 0.05) is 12.6 Å². The molecule has 3 nitrogen and oxygen atoms in total. The molecule has 0 atom stereocenters. The highest BCUT2D eigenvalue weighted by Crippen LogP contribution is 2.33. The minimum Gasteiger partial charge on any atom is -0.309 e. The lowest BCUT2D eigenvalue weighted by atomic mass is 10.2. The lowest BCUT2D eigenvalue weighted by molar-refractivity contribution is 0.550. The number of benzene rings is 1. The van der Waals surface area contributed by atoms with E-state index >= 15 is 0 Å². The fraction of sp³-hybridized carbons (Fsp3) is 0.429. The molecule has 1 aliphatic carbocycles. The largest absolute Gasteiger partial charge is 0.309 e. The van der Waals surface area contributed by atoms with Crippen LogP contribution in [0.25, 0.3) is 6.08 Å². The van der Waals surface area contributed by atoms with E-state index in [0.717, 1.165) is 18.9 Å². The van der Waals surface area contributed by atoms with Crippen LogP contribution in [0.3, 0.4) is 0 Å². The zero-order chi connectivity index (χ0) is 13.5. The van der Waals surface area contributed by atoms with Gasteiger partial charge in [0.05, 0.1) is 9.80 Å². The number of rotatable bonds is 3. The van der Waals surface area contributed by atoms with Crippen LogP contribution in [0.1, 0.15) is 31.2 Å². The van der Waals surface area contributed by atoms with Crippen LogP contribution in [-0.2, 0) is 9.84 Å². The van der Waals surface area contributed by atoms with Gasteiger partial charge in [-0.3, -0.25) is 0 Å². The molecule has 0 bridgehead atoms. The molecule has 2 aliphatic rings. The van der Waals surface area contributed by atoms with Gasteiger partial charge in [0.15, 0.2) is 0 Å². The Morgan fingerprint density at radius 3 is 2.74 bits per heavy atom. The van der Waals surface area contributed by atoms with E-state index in [4.69, 9.17) is 0 Å². The molecule has 0 saturated heterocycles. The van der Waals surface area contributed by atoms with Crippen molar-refractivity contribution in [3.63, 3.8) is 0 Å². The maximum Gasteiger partial charge on any atom is 0.204 e. The van der Waals surface area contributed by atoms with Gasteiger partial charge >= 0.3 is 0 Å². The summed E-state index contributed by atoms with van der Waals surface area (Å²) in [6.45, 7) is 0.337. The summed E-state index contributed by atoms with van der Waals surface area (Å²) in [5.74, 6) is -0.513. The number of fused-ring (bicyclic) bond motifs is 1. The minimum absolute atomic E-state index is 0.0933. The highest BCUT2D eigenvalue weighted by molar-refractivity contribution is 7.95. The number of hydrogen-bond donors (Lipinski definition) is 1. The van der Waals surface area contributed by atoms with E-state index in [0.29, 0.717) is 23.1 Å². The Labute approximate surface area is 112 Å². The van der Waals surface area contributed by atoms with Crippen molar-refractivity contribution in [2.45, 2.75) is 36.6 Å². The molecule has 0 aromatic heterocycles. The molecule has 1 fully saturated rings. The van der Waals surface area contributed by atoms with Gasteiger partial charge in [-0.1, -0.05) is 18.9 Å². The number of halogens is 1. The van der Waals surface area contributed by atoms with Gasteiger partial charge in [-0.2, -0.15) is 0 Å². The molecule has 1 heterocycles. The van der Waals surface area contributed by atoms with Crippen LogP contribution in [-0.4, -0.2) is 21.0 Å². The molecule has 1 saturated carbocycles. The highest BCUT2D eigenvalue weighted by atomic mass is 32.2. The SMILES string of the molecule is O=S1(=O)C(CNC2CCCC2)=Cc2ccc(F)cc21. The number of sulfone groups is 1. The van der Waals surface area contributed by atoms with E-state index in [1.54, 1.807) is 6.08 Å². The van der Waals surface area contributed by atoms with Gasteiger partial charge in [-0.15, -0.1) is 0 Å². The molecule has 0 unspecified atom stereocenters. The fourth-order valence-corrected chi connectivity index (χ4v) is 4.32. The average molecular weight is 281 g/mol. The first kappa shape index (κ1) is 12.8. The first-order valence-corrected chi connectivity index (χ1v) is 8.04. The van der Waals surface area contributed by atoms with E-state index in [-0.39, 0.29) is 4.90 Å². The van der Waals surface area contributed by atoms with Crippen LogP contribution < -0.4 is 5.32 Å². The zero-order valence-electron chi connectivity index (χ0n) is 10.5. The Morgan fingerprint density at radius 1 is 1.26 bits per heavy atom. The third kappa shape index (κ3) is 2.32. The third-order valence-electron chi connectivity index (χ3n) is 3.85. The molecular formula is C14H16FNO2S. The second-order valence-corrected chi connectivity index (χ2v) is 7.13. The average Bonchev–Trinajstić information content (AvgIpc) is 2.95. The Bertz CT molecular complexity index is 631. The molecule has 1 aromatic rings. The normalized spacial score (nSPS) is 21.4. The predicted molar refractivity (Wildman–Crippen MR) is 71.8 cm³/mol. The maximum atomic E-state index is 13.2. The van der Waals surface area contributed by atoms with Crippen molar-refractivity contribution in [2.24, 2.45) is 0 Å². The summed E-state index contributed by atoms with van der Waals surface area (Å²) in [7, 11) is -3.50. The van der Waals surface area contributed by atoms with Crippen molar-refractivity contribution in [2.75, 3.05) is 6.54 Å². The summed E-state index contributed by atoms with van der Waals surface area (Å²) in [4.78, 5) is 0.440. The summed E-state index contributed by atoms with van der Waals surface area (Å²) in [5, 5.41) is 3.29. The smallest absolute Gasteiger partial charge is 0.204 e.